The van der Waals surface area contributed by atoms with Crippen molar-refractivity contribution >= 4 is 0 Å². The molecule has 0 bridgehead atoms. The molecule has 0 aliphatic carbocycles. The molecule has 0 amide bonds. The van der Waals surface area contributed by atoms with Crippen LogP contribution in [0.1, 0.15) is 11.3 Å². The number of aryl methyl sites for hydroxylation is 1. The second-order valence-electron chi connectivity index (χ2n) is 3.80. The molecule has 0 aliphatic heterocycles. The van der Waals surface area contributed by atoms with Gasteiger partial charge in [0.25, 0.3) is 5.56 Å². The lowest BCUT2D eigenvalue weighted by atomic mass is 10.2. The van der Waals surface area contributed by atoms with Crippen LogP contribution in [0.15, 0.2) is 41.2 Å². The SMILES string of the molecule is Cc1ccc(CN)c(=O)n1-c1ccccc1F. The Hall–Kier alpha value is -1.94. The van der Waals surface area contributed by atoms with Crippen molar-refractivity contribution in [2.45, 2.75) is 13.5 Å². The van der Waals surface area contributed by atoms with Crippen molar-refractivity contribution in [3.05, 3.63) is 63.8 Å². The van der Waals surface area contributed by atoms with Gasteiger partial charge in [-0.05, 0) is 25.1 Å². The highest BCUT2D eigenvalue weighted by atomic mass is 19.1. The van der Waals surface area contributed by atoms with Gasteiger partial charge in [0.15, 0.2) is 0 Å². The fraction of sp³-hybridized carbons (Fsp3) is 0.154. The average molecular weight is 232 g/mol. The quantitative estimate of drug-likeness (QED) is 0.857. The van der Waals surface area contributed by atoms with Gasteiger partial charge >= 0.3 is 0 Å². The topological polar surface area (TPSA) is 48.0 Å². The molecular weight excluding hydrogens is 219 g/mol. The molecule has 0 saturated carbocycles. The molecule has 1 aromatic heterocycles. The predicted molar refractivity (Wildman–Crippen MR) is 64.6 cm³/mol. The predicted octanol–water partition coefficient (Wildman–Crippen LogP) is 1.74. The first-order valence-corrected chi connectivity index (χ1v) is 5.31. The van der Waals surface area contributed by atoms with E-state index in [1.165, 1.54) is 10.6 Å². The van der Waals surface area contributed by atoms with Gasteiger partial charge in [0.2, 0.25) is 0 Å². The molecule has 1 aromatic carbocycles. The first kappa shape index (κ1) is 11.5. The number of rotatable bonds is 2. The minimum atomic E-state index is -0.424. The first-order chi connectivity index (χ1) is 8.15. The van der Waals surface area contributed by atoms with Crippen LogP contribution < -0.4 is 11.3 Å². The van der Waals surface area contributed by atoms with E-state index < -0.39 is 5.82 Å². The van der Waals surface area contributed by atoms with Gasteiger partial charge in [0, 0.05) is 17.8 Å². The zero-order chi connectivity index (χ0) is 12.4. The van der Waals surface area contributed by atoms with Crippen molar-refractivity contribution < 1.29 is 4.39 Å². The highest BCUT2D eigenvalue weighted by molar-refractivity contribution is 5.36. The van der Waals surface area contributed by atoms with Gasteiger partial charge in [-0.1, -0.05) is 18.2 Å². The fourth-order valence-electron chi connectivity index (χ4n) is 1.76. The molecule has 2 rings (SSSR count). The van der Waals surface area contributed by atoms with Crippen LogP contribution >= 0.6 is 0 Å². The highest BCUT2D eigenvalue weighted by Crippen LogP contribution is 2.13. The largest absolute Gasteiger partial charge is 0.326 e. The maximum absolute atomic E-state index is 13.7. The number of aromatic nitrogens is 1. The molecule has 0 radical (unpaired) electrons. The van der Waals surface area contributed by atoms with Crippen LogP contribution in [-0.2, 0) is 6.54 Å². The van der Waals surface area contributed by atoms with Gasteiger partial charge in [-0.3, -0.25) is 9.36 Å². The number of para-hydroxylation sites is 1. The number of nitrogens with zero attached hydrogens (tertiary/aromatic N) is 1. The Morgan fingerprint density at radius 3 is 2.59 bits per heavy atom. The zero-order valence-corrected chi connectivity index (χ0v) is 9.48. The van der Waals surface area contributed by atoms with Gasteiger partial charge in [0.1, 0.15) is 5.82 Å². The summed E-state index contributed by atoms with van der Waals surface area (Å²) in [5.41, 5.74) is 6.62. The van der Waals surface area contributed by atoms with Crippen molar-refractivity contribution in [2.75, 3.05) is 0 Å². The Balaban J connectivity index is 2.76. The molecule has 0 aliphatic rings. The van der Waals surface area contributed by atoms with Gasteiger partial charge in [0.05, 0.1) is 5.69 Å². The molecule has 0 saturated heterocycles. The van der Waals surface area contributed by atoms with E-state index in [2.05, 4.69) is 0 Å². The van der Waals surface area contributed by atoms with Gasteiger partial charge in [-0.25, -0.2) is 4.39 Å². The third kappa shape index (κ3) is 1.99. The van der Waals surface area contributed by atoms with Crippen LogP contribution in [0.5, 0.6) is 0 Å². The molecule has 0 unspecified atom stereocenters. The molecule has 0 fully saturated rings. The molecule has 0 atom stereocenters. The summed E-state index contributed by atoms with van der Waals surface area (Å²) in [5, 5.41) is 0. The summed E-state index contributed by atoms with van der Waals surface area (Å²) >= 11 is 0. The normalized spacial score (nSPS) is 10.5. The maximum Gasteiger partial charge on any atom is 0.259 e. The van der Waals surface area contributed by atoms with E-state index >= 15 is 0 Å². The van der Waals surface area contributed by atoms with Crippen LogP contribution in [0.2, 0.25) is 0 Å². The molecule has 4 heteroatoms. The summed E-state index contributed by atoms with van der Waals surface area (Å²) in [5.74, 6) is -0.424. The second-order valence-corrected chi connectivity index (χ2v) is 3.80. The van der Waals surface area contributed by atoms with Crippen LogP contribution in [0.25, 0.3) is 5.69 Å². The summed E-state index contributed by atoms with van der Waals surface area (Å²) in [7, 11) is 0. The second kappa shape index (κ2) is 4.51. The lowest BCUT2D eigenvalue weighted by Crippen LogP contribution is -2.26. The summed E-state index contributed by atoms with van der Waals surface area (Å²) in [4.78, 5) is 12.1. The van der Waals surface area contributed by atoms with Gasteiger partial charge in [-0.15, -0.1) is 0 Å². The van der Waals surface area contributed by atoms with E-state index in [-0.39, 0.29) is 17.8 Å². The number of pyridine rings is 1. The van der Waals surface area contributed by atoms with E-state index in [1.54, 1.807) is 37.3 Å². The Bertz CT molecular complexity index is 605. The summed E-state index contributed by atoms with van der Waals surface area (Å²) < 4.78 is 15.0. The summed E-state index contributed by atoms with van der Waals surface area (Å²) in [6, 6.07) is 9.62. The van der Waals surface area contributed by atoms with Gasteiger partial charge < -0.3 is 5.73 Å². The Labute approximate surface area is 98.3 Å². The van der Waals surface area contributed by atoms with Crippen LogP contribution in [0.4, 0.5) is 4.39 Å². The number of hydrogen-bond acceptors (Lipinski definition) is 2. The maximum atomic E-state index is 13.7. The van der Waals surface area contributed by atoms with Crippen LogP contribution in [0.3, 0.4) is 0 Å². The molecular formula is C13H13FN2O. The average Bonchev–Trinajstić information content (AvgIpc) is 2.32. The lowest BCUT2D eigenvalue weighted by Gasteiger charge is -2.12. The molecule has 1 heterocycles. The smallest absolute Gasteiger partial charge is 0.259 e. The van der Waals surface area contributed by atoms with Crippen molar-refractivity contribution in [3.63, 3.8) is 0 Å². The molecule has 88 valence electrons. The number of hydrogen-bond donors (Lipinski definition) is 1. The van der Waals surface area contributed by atoms with E-state index in [1.807, 2.05) is 0 Å². The highest BCUT2D eigenvalue weighted by Gasteiger charge is 2.10. The molecule has 0 spiro atoms. The van der Waals surface area contributed by atoms with Crippen molar-refractivity contribution in [3.8, 4) is 5.69 Å². The van der Waals surface area contributed by atoms with E-state index in [4.69, 9.17) is 5.73 Å². The minimum Gasteiger partial charge on any atom is -0.326 e. The standard InChI is InChI=1S/C13H13FN2O/c1-9-6-7-10(8-15)13(17)16(9)12-5-3-2-4-11(12)14/h2-7H,8,15H2,1H3. The molecule has 2 N–H and O–H groups in total. The zero-order valence-electron chi connectivity index (χ0n) is 9.48. The number of benzene rings is 1. The minimum absolute atomic E-state index is 0.146. The first-order valence-electron chi connectivity index (χ1n) is 5.31. The van der Waals surface area contributed by atoms with Gasteiger partial charge in [-0.2, -0.15) is 0 Å². The fourth-order valence-corrected chi connectivity index (χ4v) is 1.76. The van der Waals surface area contributed by atoms with Crippen LogP contribution in [-0.4, -0.2) is 4.57 Å². The van der Waals surface area contributed by atoms with E-state index in [9.17, 15) is 9.18 Å². The molecule has 17 heavy (non-hydrogen) atoms. The van der Waals surface area contributed by atoms with E-state index in [0.29, 0.717) is 11.3 Å². The number of nitrogens with two attached hydrogens (primary N) is 1. The lowest BCUT2D eigenvalue weighted by molar-refractivity contribution is 0.614. The third-order valence-electron chi connectivity index (χ3n) is 2.67. The molecule has 3 nitrogen and oxygen atoms in total. The Kier molecular flexibility index (Phi) is 3.06. The molecule has 2 aromatic rings. The van der Waals surface area contributed by atoms with Crippen molar-refractivity contribution in [1.29, 1.82) is 0 Å². The van der Waals surface area contributed by atoms with Crippen LogP contribution in [0, 0.1) is 12.7 Å². The van der Waals surface area contributed by atoms with E-state index in [0.717, 1.165) is 0 Å². The Morgan fingerprint density at radius 1 is 1.24 bits per heavy atom. The Morgan fingerprint density at radius 2 is 1.94 bits per heavy atom. The van der Waals surface area contributed by atoms with Crippen molar-refractivity contribution in [1.82, 2.24) is 4.57 Å². The third-order valence-corrected chi connectivity index (χ3v) is 2.67. The number of halogens is 1. The summed E-state index contributed by atoms with van der Waals surface area (Å²) in [6.45, 7) is 1.90. The monoisotopic (exact) mass is 232 g/mol. The summed E-state index contributed by atoms with van der Waals surface area (Å²) in [6.07, 6.45) is 0. The van der Waals surface area contributed by atoms with Crippen molar-refractivity contribution in [2.24, 2.45) is 5.73 Å².